The fourth-order valence-electron chi connectivity index (χ4n) is 3.43. The van der Waals surface area contributed by atoms with E-state index < -0.39 is 5.79 Å². The molecule has 136 valence electrons. The molecule has 1 amide bonds. The van der Waals surface area contributed by atoms with Crippen LogP contribution in [0.2, 0.25) is 0 Å². The number of aromatic nitrogens is 2. The fourth-order valence-corrected chi connectivity index (χ4v) is 3.43. The van der Waals surface area contributed by atoms with Crippen LogP contribution in [0.1, 0.15) is 23.3 Å². The third kappa shape index (κ3) is 3.27. The van der Waals surface area contributed by atoms with Crippen molar-refractivity contribution in [1.29, 1.82) is 0 Å². The van der Waals surface area contributed by atoms with Gasteiger partial charge in [-0.25, -0.2) is 9.97 Å². The number of benzene rings is 1. The molecule has 7 heteroatoms. The Hall–Kier alpha value is -2.51. The quantitative estimate of drug-likeness (QED) is 0.842. The first kappa shape index (κ1) is 16.9. The van der Waals surface area contributed by atoms with Crippen LogP contribution in [0.4, 0.5) is 11.5 Å². The smallest absolute Gasteiger partial charge is 0.272 e. The van der Waals surface area contributed by atoms with Gasteiger partial charge in [0.1, 0.15) is 17.8 Å². The van der Waals surface area contributed by atoms with Crippen molar-refractivity contribution in [2.75, 3.05) is 38.3 Å². The maximum Gasteiger partial charge on any atom is 0.272 e. The molecule has 0 saturated carbocycles. The lowest BCUT2D eigenvalue weighted by molar-refractivity contribution is -0.181. The van der Waals surface area contributed by atoms with E-state index in [1.54, 1.807) is 6.07 Å². The highest BCUT2D eigenvalue weighted by atomic mass is 16.7. The normalized spacial score (nSPS) is 18.9. The molecule has 2 aliphatic heterocycles. The molecule has 0 unspecified atom stereocenters. The number of hydrogen-bond donors (Lipinski definition) is 0. The van der Waals surface area contributed by atoms with E-state index in [-0.39, 0.29) is 5.91 Å². The van der Waals surface area contributed by atoms with Crippen LogP contribution >= 0.6 is 0 Å². The number of ether oxygens (including phenoxy) is 2. The molecule has 2 aromatic rings. The zero-order chi connectivity index (χ0) is 18.0. The molecule has 3 heterocycles. The Morgan fingerprint density at radius 1 is 1.12 bits per heavy atom. The SMILES string of the molecule is CN(c1ccccc1)c1cc(C(=O)N2CCC3(CC2)OCCO3)ncn1. The van der Waals surface area contributed by atoms with E-state index >= 15 is 0 Å². The van der Waals surface area contributed by atoms with Gasteiger partial charge in [0.25, 0.3) is 5.91 Å². The van der Waals surface area contributed by atoms with Crippen LogP contribution in [0.3, 0.4) is 0 Å². The second-order valence-corrected chi connectivity index (χ2v) is 6.56. The number of nitrogens with zero attached hydrogens (tertiary/aromatic N) is 4. The maximum atomic E-state index is 12.8. The van der Waals surface area contributed by atoms with E-state index in [1.807, 2.05) is 47.2 Å². The van der Waals surface area contributed by atoms with Crippen LogP contribution in [0.15, 0.2) is 42.7 Å². The highest BCUT2D eigenvalue weighted by Crippen LogP contribution is 2.31. The van der Waals surface area contributed by atoms with Crippen LogP contribution < -0.4 is 4.90 Å². The summed E-state index contributed by atoms with van der Waals surface area (Å²) in [6.07, 6.45) is 2.83. The van der Waals surface area contributed by atoms with Gasteiger partial charge in [0.05, 0.1) is 13.2 Å². The van der Waals surface area contributed by atoms with E-state index in [2.05, 4.69) is 9.97 Å². The van der Waals surface area contributed by atoms with E-state index in [4.69, 9.17) is 9.47 Å². The number of hydrogen-bond acceptors (Lipinski definition) is 6. The number of likely N-dealkylation sites (tertiary alicyclic amines) is 1. The number of carbonyl (C=O) groups is 1. The van der Waals surface area contributed by atoms with Crippen molar-refractivity contribution in [1.82, 2.24) is 14.9 Å². The lowest BCUT2D eigenvalue weighted by atomic mass is 10.0. The van der Waals surface area contributed by atoms with Gasteiger partial charge >= 0.3 is 0 Å². The van der Waals surface area contributed by atoms with Crippen molar-refractivity contribution in [2.45, 2.75) is 18.6 Å². The Labute approximate surface area is 152 Å². The lowest BCUT2D eigenvalue weighted by Gasteiger charge is -2.37. The first-order chi connectivity index (χ1) is 12.7. The van der Waals surface area contributed by atoms with Gasteiger partial charge in [0, 0.05) is 44.7 Å². The van der Waals surface area contributed by atoms with Crippen molar-refractivity contribution in [3.8, 4) is 0 Å². The molecule has 1 spiro atoms. The third-order valence-electron chi connectivity index (χ3n) is 4.98. The zero-order valence-electron chi connectivity index (χ0n) is 14.8. The molecule has 1 aromatic carbocycles. The van der Waals surface area contributed by atoms with Crippen molar-refractivity contribution < 1.29 is 14.3 Å². The average Bonchev–Trinajstić information content (AvgIpc) is 3.16. The standard InChI is InChI=1S/C19H22N4O3/c1-22(15-5-3-2-4-6-15)17-13-16(20-14-21-17)18(24)23-9-7-19(8-10-23)25-11-12-26-19/h2-6,13-14H,7-12H2,1H3. The Balaban J connectivity index is 1.47. The first-order valence-corrected chi connectivity index (χ1v) is 8.85. The van der Waals surface area contributed by atoms with Crippen molar-refractivity contribution >= 4 is 17.4 Å². The zero-order valence-corrected chi connectivity index (χ0v) is 14.8. The van der Waals surface area contributed by atoms with E-state index in [0.29, 0.717) is 50.7 Å². The van der Waals surface area contributed by atoms with Gasteiger partial charge in [0.15, 0.2) is 5.79 Å². The highest BCUT2D eigenvalue weighted by molar-refractivity contribution is 5.93. The molecule has 2 fully saturated rings. The van der Waals surface area contributed by atoms with Crippen molar-refractivity contribution in [3.63, 3.8) is 0 Å². The van der Waals surface area contributed by atoms with Gasteiger partial charge in [0.2, 0.25) is 0 Å². The number of amides is 1. The fraction of sp³-hybridized carbons (Fsp3) is 0.421. The summed E-state index contributed by atoms with van der Waals surface area (Å²) in [5, 5.41) is 0. The second-order valence-electron chi connectivity index (χ2n) is 6.56. The van der Waals surface area contributed by atoms with Crippen LogP contribution in [-0.4, -0.2) is 59.9 Å². The number of piperidine rings is 1. The minimum atomic E-state index is -0.485. The van der Waals surface area contributed by atoms with Gasteiger partial charge in [-0.3, -0.25) is 4.79 Å². The molecule has 0 N–H and O–H groups in total. The number of rotatable bonds is 3. The molecule has 2 aliphatic rings. The molecule has 4 rings (SSSR count). The van der Waals surface area contributed by atoms with Gasteiger partial charge in [-0.05, 0) is 12.1 Å². The Morgan fingerprint density at radius 3 is 2.50 bits per heavy atom. The Bertz CT molecular complexity index is 767. The largest absolute Gasteiger partial charge is 0.347 e. The molecule has 0 aliphatic carbocycles. The van der Waals surface area contributed by atoms with Gasteiger partial charge in [-0.2, -0.15) is 0 Å². The molecular formula is C19H22N4O3. The second kappa shape index (κ2) is 7.01. The summed E-state index contributed by atoms with van der Waals surface area (Å²) in [7, 11) is 1.92. The number of para-hydroxylation sites is 1. The summed E-state index contributed by atoms with van der Waals surface area (Å²) >= 11 is 0. The summed E-state index contributed by atoms with van der Waals surface area (Å²) < 4.78 is 11.4. The van der Waals surface area contributed by atoms with Crippen molar-refractivity contribution in [3.05, 3.63) is 48.4 Å². The molecule has 7 nitrogen and oxygen atoms in total. The minimum absolute atomic E-state index is 0.0806. The molecule has 26 heavy (non-hydrogen) atoms. The van der Waals surface area contributed by atoms with Gasteiger partial charge in [-0.1, -0.05) is 18.2 Å². The third-order valence-corrected chi connectivity index (χ3v) is 4.98. The molecule has 2 saturated heterocycles. The van der Waals surface area contributed by atoms with Gasteiger partial charge < -0.3 is 19.3 Å². The minimum Gasteiger partial charge on any atom is -0.347 e. The molecular weight excluding hydrogens is 332 g/mol. The Kier molecular flexibility index (Phi) is 4.57. The van der Waals surface area contributed by atoms with Crippen LogP contribution in [0, 0.1) is 0 Å². The van der Waals surface area contributed by atoms with Gasteiger partial charge in [-0.15, -0.1) is 0 Å². The Morgan fingerprint density at radius 2 is 1.81 bits per heavy atom. The van der Waals surface area contributed by atoms with E-state index in [1.165, 1.54) is 6.33 Å². The summed E-state index contributed by atoms with van der Waals surface area (Å²) in [6.45, 7) is 2.48. The van der Waals surface area contributed by atoms with Crippen molar-refractivity contribution in [2.24, 2.45) is 0 Å². The average molecular weight is 354 g/mol. The lowest BCUT2D eigenvalue weighted by Crippen LogP contribution is -2.47. The molecule has 0 radical (unpaired) electrons. The predicted octanol–water partition coefficient (Wildman–Crippen LogP) is 2.22. The molecule has 1 aromatic heterocycles. The van der Waals surface area contributed by atoms with Crippen LogP contribution in [0.25, 0.3) is 0 Å². The van der Waals surface area contributed by atoms with E-state index in [9.17, 15) is 4.79 Å². The number of anilines is 2. The summed E-state index contributed by atoms with van der Waals surface area (Å²) in [5.41, 5.74) is 1.40. The monoisotopic (exact) mass is 354 g/mol. The summed E-state index contributed by atoms with van der Waals surface area (Å²) in [6, 6.07) is 11.6. The predicted molar refractivity (Wildman–Crippen MR) is 96.3 cm³/mol. The number of carbonyl (C=O) groups excluding carboxylic acids is 1. The topological polar surface area (TPSA) is 67.8 Å². The van der Waals surface area contributed by atoms with Crippen LogP contribution in [-0.2, 0) is 9.47 Å². The van der Waals surface area contributed by atoms with E-state index in [0.717, 1.165) is 5.69 Å². The maximum absolute atomic E-state index is 12.8. The highest BCUT2D eigenvalue weighted by Gasteiger charge is 2.41. The first-order valence-electron chi connectivity index (χ1n) is 8.85. The van der Waals surface area contributed by atoms with Crippen LogP contribution in [0.5, 0.6) is 0 Å². The molecule has 0 bridgehead atoms. The molecule has 0 atom stereocenters. The summed E-state index contributed by atoms with van der Waals surface area (Å²) in [4.78, 5) is 25.1. The summed E-state index contributed by atoms with van der Waals surface area (Å²) in [5.74, 6) is 0.120.